The van der Waals surface area contributed by atoms with Gasteiger partial charge < -0.3 is 9.32 Å². The Morgan fingerprint density at radius 1 is 0.413 bits per heavy atom. The molecule has 0 amide bonds. The molecule has 5 heterocycles. The second-order valence-electron chi connectivity index (χ2n) is 22.1. The second kappa shape index (κ2) is 19.2. The molecular weight excluding hydrogens is 921 g/mol. The fourth-order valence-electron chi connectivity index (χ4n) is 9.61. The second-order valence-corrected chi connectivity index (χ2v) is 22.1. The van der Waals surface area contributed by atoms with Crippen LogP contribution in [0.4, 0.5) is 34.4 Å². The summed E-state index contributed by atoms with van der Waals surface area (Å²) in [5, 5.41) is 1.82. The maximum Gasteiger partial charge on any atom is 0.164 e. The van der Waals surface area contributed by atoms with Crippen LogP contribution in [0.1, 0.15) is 79.0 Å². The van der Waals surface area contributed by atoms with E-state index in [1.54, 1.807) is 0 Å². The summed E-state index contributed by atoms with van der Waals surface area (Å²) in [4.78, 5) is 35.5. The lowest BCUT2D eigenvalue weighted by Crippen LogP contribution is -2.21. The van der Waals surface area contributed by atoms with Crippen LogP contribution in [-0.2, 0) is 16.2 Å². The first-order valence-corrected chi connectivity index (χ1v) is 25.6. The normalized spacial score (nSPS) is 12.1. The monoisotopic (exact) mass is 980 g/mol. The Hall–Kier alpha value is -8.82. The van der Waals surface area contributed by atoms with E-state index in [-0.39, 0.29) is 16.2 Å². The SMILES string of the molecule is CC(C)(C)c1ccc(N(c2cc(C(C)(C)C)cc(N(c3ccccn3)c3ccc(C(C)(C)C)cn3)c2-c2ccccn2)c2ccc(-c3nc(-c4ccccc4)nc(-c4ccccc4)n3)c3c2oc2ccccc23)cc1. The zero-order valence-corrected chi connectivity index (χ0v) is 44.0. The van der Waals surface area contributed by atoms with Gasteiger partial charge in [-0.25, -0.2) is 24.9 Å². The summed E-state index contributed by atoms with van der Waals surface area (Å²) >= 11 is 0. The number of anilines is 6. The van der Waals surface area contributed by atoms with Gasteiger partial charge in [0.25, 0.3) is 0 Å². The Balaban J connectivity index is 1.25. The summed E-state index contributed by atoms with van der Waals surface area (Å²) in [7, 11) is 0. The van der Waals surface area contributed by atoms with E-state index in [2.05, 4.69) is 151 Å². The predicted octanol–water partition coefficient (Wildman–Crippen LogP) is 17.5. The Morgan fingerprint density at radius 2 is 0.960 bits per heavy atom. The van der Waals surface area contributed by atoms with Crippen LogP contribution in [0.5, 0.6) is 0 Å². The fraction of sp³-hybridized carbons (Fsp3) is 0.182. The largest absolute Gasteiger partial charge is 0.454 e. The maximum absolute atomic E-state index is 7.22. The molecule has 0 saturated heterocycles. The van der Waals surface area contributed by atoms with Crippen molar-refractivity contribution in [3.05, 3.63) is 217 Å². The molecule has 5 aromatic heterocycles. The summed E-state index contributed by atoms with van der Waals surface area (Å²) in [6.07, 6.45) is 5.68. The predicted molar refractivity (Wildman–Crippen MR) is 308 cm³/mol. The van der Waals surface area contributed by atoms with Crippen molar-refractivity contribution in [1.82, 2.24) is 29.9 Å². The van der Waals surface area contributed by atoms with Crippen LogP contribution < -0.4 is 9.80 Å². The van der Waals surface area contributed by atoms with Crippen LogP contribution >= 0.6 is 0 Å². The van der Waals surface area contributed by atoms with Crippen molar-refractivity contribution in [2.24, 2.45) is 0 Å². The number of hydrogen-bond acceptors (Lipinski definition) is 9. The van der Waals surface area contributed by atoms with Crippen molar-refractivity contribution >= 4 is 56.3 Å². The molecule has 0 N–H and O–H groups in total. The number of para-hydroxylation sites is 1. The zero-order valence-electron chi connectivity index (χ0n) is 44.0. The number of aromatic nitrogens is 6. The highest BCUT2D eigenvalue weighted by Crippen LogP contribution is 2.53. The average molecular weight is 981 g/mol. The molecule has 6 aromatic carbocycles. The first-order chi connectivity index (χ1) is 36.1. The molecule has 0 atom stereocenters. The third kappa shape index (κ3) is 9.54. The fourth-order valence-corrected chi connectivity index (χ4v) is 9.61. The molecule has 0 aliphatic rings. The van der Waals surface area contributed by atoms with E-state index in [1.165, 1.54) is 5.56 Å². The molecule has 370 valence electrons. The first kappa shape index (κ1) is 48.4. The molecule has 9 heteroatoms. The maximum atomic E-state index is 7.22. The van der Waals surface area contributed by atoms with Crippen LogP contribution in [0.25, 0.3) is 67.4 Å². The number of pyridine rings is 3. The van der Waals surface area contributed by atoms with Gasteiger partial charge in [-0.15, -0.1) is 0 Å². The van der Waals surface area contributed by atoms with Gasteiger partial charge in [0.2, 0.25) is 0 Å². The molecule has 75 heavy (non-hydrogen) atoms. The Kier molecular flexibility index (Phi) is 12.4. The highest BCUT2D eigenvalue weighted by atomic mass is 16.3. The Bertz CT molecular complexity index is 3740. The van der Waals surface area contributed by atoms with Crippen molar-refractivity contribution in [2.75, 3.05) is 9.80 Å². The van der Waals surface area contributed by atoms with Crippen LogP contribution in [0.2, 0.25) is 0 Å². The standard InChI is InChI=1S/C66H60N8O/c1-64(2,3)45-30-33-48(34-31-45)73(52-36-35-50(58-49-26-16-17-28-55(49)75-60(52)58)63-71-61(43-22-12-10-13-23-43)70-62(72-63)44-24-14-11-15-25-44)53-40-47(66(7,8)9)41-54(59(53)51-27-18-20-38-67-51)74(56-29-19-21-39-68-56)57-37-32-46(42-69-57)65(4,5)6/h10-42H,1-9H3. The topological polar surface area (TPSA) is 97.0 Å². The molecule has 9 nitrogen and oxygen atoms in total. The summed E-state index contributed by atoms with van der Waals surface area (Å²) < 4.78 is 7.22. The summed E-state index contributed by atoms with van der Waals surface area (Å²) in [5.74, 6) is 3.14. The summed E-state index contributed by atoms with van der Waals surface area (Å²) in [6.45, 7) is 20.1. The van der Waals surface area contributed by atoms with Gasteiger partial charge in [0, 0.05) is 57.3 Å². The van der Waals surface area contributed by atoms with E-state index in [1.807, 2.05) is 122 Å². The molecule has 11 rings (SSSR count). The third-order valence-corrected chi connectivity index (χ3v) is 13.8. The van der Waals surface area contributed by atoms with Crippen LogP contribution in [0.15, 0.2) is 205 Å². The lowest BCUT2D eigenvalue weighted by Gasteiger charge is -2.34. The smallest absolute Gasteiger partial charge is 0.164 e. The molecule has 0 fully saturated rings. The quantitative estimate of drug-likeness (QED) is 0.133. The number of fused-ring (bicyclic) bond motifs is 3. The minimum Gasteiger partial charge on any atom is -0.454 e. The summed E-state index contributed by atoms with van der Waals surface area (Å²) in [5.41, 5.74) is 12.1. The third-order valence-electron chi connectivity index (χ3n) is 13.8. The van der Waals surface area contributed by atoms with Crippen molar-refractivity contribution in [3.63, 3.8) is 0 Å². The zero-order chi connectivity index (χ0) is 52.1. The number of nitrogens with zero attached hydrogens (tertiary/aromatic N) is 8. The van der Waals surface area contributed by atoms with E-state index in [0.717, 1.165) is 89.8 Å². The molecule has 0 radical (unpaired) electrons. The Morgan fingerprint density at radius 3 is 1.53 bits per heavy atom. The van der Waals surface area contributed by atoms with E-state index in [9.17, 15) is 0 Å². The molecule has 0 aliphatic carbocycles. The van der Waals surface area contributed by atoms with Crippen molar-refractivity contribution in [2.45, 2.75) is 78.6 Å². The molecule has 0 aliphatic heterocycles. The van der Waals surface area contributed by atoms with Crippen molar-refractivity contribution < 1.29 is 4.42 Å². The van der Waals surface area contributed by atoms with Gasteiger partial charge in [-0.05, 0) is 106 Å². The molecular formula is C66H60N8O. The highest BCUT2D eigenvalue weighted by molar-refractivity contribution is 6.17. The molecule has 0 bridgehead atoms. The Labute approximate surface area is 439 Å². The average Bonchev–Trinajstić information content (AvgIpc) is 3.82. The van der Waals surface area contributed by atoms with E-state index < -0.39 is 0 Å². The van der Waals surface area contributed by atoms with Gasteiger partial charge in [-0.2, -0.15) is 0 Å². The van der Waals surface area contributed by atoms with Crippen molar-refractivity contribution in [3.8, 4) is 45.4 Å². The number of furan rings is 1. The number of benzene rings is 6. The minimum atomic E-state index is -0.322. The highest BCUT2D eigenvalue weighted by Gasteiger charge is 2.32. The molecule has 0 saturated carbocycles. The minimum absolute atomic E-state index is 0.0874. The molecule has 11 aromatic rings. The lowest BCUT2D eigenvalue weighted by molar-refractivity contribution is 0.587. The molecule has 0 spiro atoms. The van der Waals surface area contributed by atoms with Gasteiger partial charge in [0.1, 0.15) is 17.2 Å². The van der Waals surface area contributed by atoms with Gasteiger partial charge in [-0.3, -0.25) is 9.88 Å². The lowest BCUT2D eigenvalue weighted by atomic mass is 9.84. The van der Waals surface area contributed by atoms with Gasteiger partial charge in [0.15, 0.2) is 23.1 Å². The first-order valence-electron chi connectivity index (χ1n) is 25.6. The van der Waals surface area contributed by atoms with E-state index >= 15 is 0 Å². The molecule has 0 unspecified atom stereocenters. The number of rotatable bonds is 10. The van der Waals surface area contributed by atoms with Gasteiger partial charge in [-0.1, -0.05) is 172 Å². The van der Waals surface area contributed by atoms with E-state index in [0.29, 0.717) is 23.1 Å². The van der Waals surface area contributed by atoms with Gasteiger partial charge in [0.05, 0.1) is 22.8 Å². The van der Waals surface area contributed by atoms with Crippen LogP contribution in [0.3, 0.4) is 0 Å². The van der Waals surface area contributed by atoms with Gasteiger partial charge >= 0.3 is 0 Å². The van der Waals surface area contributed by atoms with E-state index in [4.69, 9.17) is 34.3 Å². The summed E-state index contributed by atoms with van der Waals surface area (Å²) in [6, 6.07) is 62.6. The number of hydrogen-bond donors (Lipinski definition) is 0. The van der Waals surface area contributed by atoms with Crippen LogP contribution in [0, 0.1) is 0 Å². The van der Waals surface area contributed by atoms with Crippen molar-refractivity contribution in [1.29, 1.82) is 0 Å². The van der Waals surface area contributed by atoms with Crippen LogP contribution in [-0.4, -0.2) is 29.9 Å².